The summed E-state index contributed by atoms with van der Waals surface area (Å²) in [7, 11) is 0. The maximum atomic E-state index is 12.8. The topological polar surface area (TPSA) is 140 Å². The molecule has 1 aromatic carbocycles. The zero-order valence-corrected chi connectivity index (χ0v) is 32.5. The van der Waals surface area contributed by atoms with Gasteiger partial charge in [-0.2, -0.15) is 0 Å². The van der Waals surface area contributed by atoms with Crippen LogP contribution in [0.15, 0.2) is 42.1 Å². The molecule has 0 spiro atoms. The van der Waals surface area contributed by atoms with Gasteiger partial charge in [-0.15, -0.1) is 0 Å². The highest BCUT2D eigenvalue weighted by atomic mass is 16.5. The lowest BCUT2D eigenvalue weighted by molar-refractivity contribution is -0.152. The summed E-state index contributed by atoms with van der Waals surface area (Å²) in [4.78, 5) is 46.9. The fourth-order valence-corrected chi connectivity index (χ4v) is 4.92. The monoisotopic (exact) mass is 687 g/mol. The van der Waals surface area contributed by atoms with Gasteiger partial charge in [0.15, 0.2) is 0 Å². The summed E-state index contributed by atoms with van der Waals surface area (Å²) in [5.41, 5.74) is 10.9. The van der Waals surface area contributed by atoms with Gasteiger partial charge in [-0.05, 0) is 122 Å². The van der Waals surface area contributed by atoms with Gasteiger partial charge in [-0.1, -0.05) is 77.0 Å². The Morgan fingerprint density at radius 2 is 1.61 bits per heavy atom. The van der Waals surface area contributed by atoms with Crippen LogP contribution in [0.1, 0.15) is 145 Å². The first-order valence-electron chi connectivity index (χ1n) is 18.6. The van der Waals surface area contributed by atoms with Crippen LogP contribution in [0.2, 0.25) is 0 Å². The lowest BCUT2D eigenvalue weighted by Gasteiger charge is -2.24. The number of nitrogens with one attached hydrogen (secondary N) is 3. The van der Waals surface area contributed by atoms with Gasteiger partial charge in [-0.3, -0.25) is 9.59 Å². The van der Waals surface area contributed by atoms with Gasteiger partial charge in [0.05, 0.1) is 6.10 Å². The molecule has 0 saturated heterocycles. The third-order valence-electron chi connectivity index (χ3n) is 7.60. The Morgan fingerprint density at radius 1 is 0.959 bits per heavy atom. The van der Waals surface area contributed by atoms with Crippen LogP contribution >= 0.6 is 0 Å². The molecule has 2 amide bonds. The molecule has 1 aromatic rings. The normalized spacial score (nSPS) is 13.6. The minimum Gasteiger partial charge on any atom is -0.461 e. The van der Waals surface area contributed by atoms with Crippen molar-refractivity contribution in [2.45, 2.75) is 164 Å². The molecule has 49 heavy (non-hydrogen) atoms. The molecule has 280 valence electrons. The van der Waals surface area contributed by atoms with Crippen molar-refractivity contribution in [3.8, 4) is 0 Å². The Bertz CT molecular complexity index is 1110. The summed E-state index contributed by atoms with van der Waals surface area (Å²) in [6, 6.07) is 7.46. The van der Waals surface area contributed by atoms with E-state index < -0.39 is 18.1 Å². The van der Waals surface area contributed by atoms with E-state index in [4.69, 9.17) is 10.5 Å². The van der Waals surface area contributed by atoms with Crippen LogP contribution in [0, 0.1) is 0 Å². The molecule has 0 bridgehead atoms. The average Bonchev–Trinajstić information content (AvgIpc) is 3.06. The van der Waals surface area contributed by atoms with Crippen molar-refractivity contribution in [1.29, 1.82) is 0 Å². The second kappa shape index (κ2) is 30.6. The van der Waals surface area contributed by atoms with Gasteiger partial charge >= 0.3 is 5.97 Å². The van der Waals surface area contributed by atoms with Crippen molar-refractivity contribution < 1.29 is 23.9 Å². The predicted molar refractivity (Wildman–Crippen MR) is 205 cm³/mol. The number of esters is 1. The fourth-order valence-electron chi connectivity index (χ4n) is 4.92. The molecule has 0 aliphatic heterocycles. The number of allylic oxidation sites excluding steroid dienone is 2. The van der Waals surface area contributed by atoms with E-state index >= 15 is 0 Å². The summed E-state index contributed by atoms with van der Waals surface area (Å²) >= 11 is 0. The number of ether oxygens (including phenoxy) is 1. The molecule has 9 heteroatoms. The first-order chi connectivity index (χ1) is 23.6. The Labute approximate surface area is 298 Å². The number of carbonyl (C=O) groups excluding carboxylic acids is 4. The van der Waals surface area contributed by atoms with Crippen LogP contribution in [0.3, 0.4) is 0 Å². The molecule has 2 unspecified atom stereocenters. The standard InChI is InChI=1S/C20H35N3O4.C16H23NO.2C2H6/c1-14(2)27-20(26)18(11-10-15(3)24)23-19(25)17(9-4-5-12-21)22-13-16-7-6-8-16;1-4-8-15-9-6-7-10-16(15)14(5-2)11-13(3)17-12-18;2*1-2/h13-14,17-18,22H,4-12,21H2,1-3H3,(H,23,25);5-7,9-10,12-13H,4,8,11H2,1-3H3,(H,17,18);2*1-2H3/b;14-5-;;/t17-,18?;;;/m0.../s1. The highest BCUT2D eigenvalue weighted by Crippen LogP contribution is 2.25. The number of nitrogens with two attached hydrogens (primary N) is 1. The molecule has 1 aliphatic carbocycles. The third kappa shape index (κ3) is 22.0. The first kappa shape index (κ1) is 47.7. The lowest BCUT2D eigenvalue weighted by Crippen LogP contribution is -2.50. The van der Waals surface area contributed by atoms with Crippen molar-refractivity contribution in [1.82, 2.24) is 16.0 Å². The summed E-state index contributed by atoms with van der Waals surface area (Å²) in [6.07, 6.45) is 13.7. The van der Waals surface area contributed by atoms with Crippen LogP contribution < -0.4 is 21.7 Å². The van der Waals surface area contributed by atoms with Crippen molar-refractivity contribution in [3.63, 3.8) is 0 Å². The predicted octanol–water partition coefficient (Wildman–Crippen LogP) is 7.57. The fraction of sp³-hybridized carbons (Fsp3) is 0.650. The molecule has 1 saturated carbocycles. The van der Waals surface area contributed by atoms with Crippen molar-refractivity contribution >= 4 is 29.6 Å². The van der Waals surface area contributed by atoms with Crippen molar-refractivity contribution in [2.75, 3.05) is 6.54 Å². The Balaban J connectivity index is 0. The van der Waals surface area contributed by atoms with E-state index in [1.165, 1.54) is 35.6 Å². The summed E-state index contributed by atoms with van der Waals surface area (Å²) < 4.78 is 5.23. The number of unbranched alkanes of at least 4 members (excludes halogenated alkanes) is 1. The second-order valence-corrected chi connectivity index (χ2v) is 12.1. The minimum absolute atomic E-state index is 0.0288. The molecule has 3 atom stereocenters. The van der Waals surface area contributed by atoms with Crippen LogP contribution in [-0.4, -0.2) is 54.8 Å². The van der Waals surface area contributed by atoms with E-state index in [0.29, 0.717) is 13.0 Å². The van der Waals surface area contributed by atoms with Gasteiger partial charge in [0.1, 0.15) is 17.9 Å². The number of Topliss-reactive ketones (excluding diaryl/α,β-unsaturated/α-hetero) is 1. The number of aryl methyl sites for hydroxylation is 1. The average molecular weight is 687 g/mol. The number of ketones is 1. The largest absolute Gasteiger partial charge is 0.461 e. The molecule has 9 nitrogen and oxygen atoms in total. The number of carbonyl (C=O) groups is 4. The molecule has 5 N–H and O–H groups in total. The number of amides is 2. The Morgan fingerprint density at radius 3 is 2.12 bits per heavy atom. The summed E-state index contributed by atoms with van der Waals surface area (Å²) in [5.74, 6) is -0.783. The van der Waals surface area contributed by atoms with Gasteiger partial charge in [0, 0.05) is 12.5 Å². The van der Waals surface area contributed by atoms with Gasteiger partial charge in [-0.25, -0.2) is 4.79 Å². The zero-order valence-electron chi connectivity index (χ0n) is 32.5. The van der Waals surface area contributed by atoms with E-state index in [0.717, 1.165) is 51.4 Å². The quantitative estimate of drug-likeness (QED) is 0.0630. The van der Waals surface area contributed by atoms with Crippen LogP contribution in [-0.2, 0) is 30.3 Å². The van der Waals surface area contributed by atoms with E-state index in [-0.39, 0.29) is 36.7 Å². The summed E-state index contributed by atoms with van der Waals surface area (Å²) in [5, 5.41) is 8.78. The SMILES string of the molecule is C/C=C(/CC(C)NC=O)c1ccccc1CCC.CC.CC.CC(=O)CCC(NC(=O)[C@H](CCCCN)NC=C1CCC1)C(=O)OC(C)C. The molecule has 1 aliphatic rings. The Hall–Kier alpha value is -3.46. The van der Waals surface area contributed by atoms with E-state index in [2.05, 4.69) is 60.1 Å². The molecule has 0 heterocycles. The highest BCUT2D eigenvalue weighted by Gasteiger charge is 2.27. The number of hydrogen-bond donors (Lipinski definition) is 4. The molecular weight excluding hydrogens is 616 g/mol. The molecule has 0 aromatic heterocycles. The lowest BCUT2D eigenvalue weighted by atomic mass is 9.93. The number of hydrogen-bond acceptors (Lipinski definition) is 7. The van der Waals surface area contributed by atoms with Gasteiger partial charge in [0.25, 0.3) is 0 Å². The smallest absolute Gasteiger partial charge is 0.328 e. The second-order valence-electron chi connectivity index (χ2n) is 12.1. The number of benzene rings is 1. The van der Waals surface area contributed by atoms with Gasteiger partial charge < -0.3 is 31.2 Å². The van der Waals surface area contributed by atoms with Crippen molar-refractivity contribution in [3.05, 3.63) is 53.2 Å². The van der Waals surface area contributed by atoms with Gasteiger partial charge in [0.2, 0.25) is 12.3 Å². The molecular formula is C40H70N4O5. The Kier molecular flexibility index (Phi) is 29.7. The maximum absolute atomic E-state index is 12.8. The molecule has 0 radical (unpaired) electrons. The van der Waals surface area contributed by atoms with E-state index in [1.54, 1.807) is 13.8 Å². The molecule has 2 rings (SSSR count). The molecule has 1 fully saturated rings. The highest BCUT2D eigenvalue weighted by molar-refractivity contribution is 5.88. The maximum Gasteiger partial charge on any atom is 0.328 e. The minimum atomic E-state index is -0.820. The van der Waals surface area contributed by atoms with Crippen LogP contribution in [0.5, 0.6) is 0 Å². The zero-order chi connectivity index (χ0) is 37.6. The third-order valence-corrected chi connectivity index (χ3v) is 7.60. The van der Waals surface area contributed by atoms with Crippen LogP contribution in [0.4, 0.5) is 0 Å². The van der Waals surface area contributed by atoms with E-state index in [9.17, 15) is 19.2 Å². The summed E-state index contributed by atoms with van der Waals surface area (Å²) in [6.45, 7) is 19.8. The number of rotatable bonds is 20. The first-order valence-corrected chi connectivity index (χ1v) is 18.6. The van der Waals surface area contributed by atoms with Crippen LogP contribution in [0.25, 0.3) is 5.57 Å². The van der Waals surface area contributed by atoms with Crippen molar-refractivity contribution in [2.24, 2.45) is 5.73 Å². The van der Waals surface area contributed by atoms with E-state index in [1.807, 2.05) is 40.8 Å².